The molecule has 0 aromatic heterocycles. The maximum Gasteiger partial charge on any atom is 0.177 e. The lowest BCUT2D eigenvalue weighted by Crippen LogP contribution is -2.12. The number of hydrogen-bond acceptors (Lipinski definition) is 1. The zero-order chi connectivity index (χ0) is 11.2. The standard InChI is InChI=1S/C14H18N2/c1-2-16-12-6-9-14(16)10-11-15-13-7-4-3-5-8-13/h3-5,7-8,10-11H,2,6,9,12H2,1H3/p+1. The van der Waals surface area contributed by atoms with E-state index in [4.69, 9.17) is 0 Å². The van der Waals surface area contributed by atoms with Gasteiger partial charge in [0.1, 0.15) is 13.1 Å². The average Bonchev–Trinajstić information content (AvgIpc) is 2.78. The SMILES string of the molecule is CC[N+]1=C(C=CNc2ccccc2)CCC1. The molecule has 0 saturated heterocycles. The quantitative estimate of drug-likeness (QED) is 0.763. The van der Waals surface area contributed by atoms with Gasteiger partial charge in [0.2, 0.25) is 0 Å². The maximum absolute atomic E-state index is 3.29. The van der Waals surface area contributed by atoms with Crippen LogP contribution in [0.3, 0.4) is 0 Å². The molecule has 0 unspecified atom stereocenters. The first kappa shape index (κ1) is 10.9. The van der Waals surface area contributed by atoms with E-state index in [0.29, 0.717) is 0 Å². The summed E-state index contributed by atoms with van der Waals surface area (Å²) >= 11 is 0. The van der Waals surface area contributed by atoms with Gasteiger partial charge in [-0.3, -0.25) is 0 Å². The van der Waals surface area contributed by atoms with Crippen molar-refractivity contribution in [2.45, 2.75) is 19.8 Å². The first-order valence-electron chi connectivity index (χ1n) is 5.99. The van der Waals surface area contributed by atoms with Crippen LogP contribution in [-0.4, -0.2) is 23.4 Å². The molecule has 0 radical (unpaired) electrons. The summed E-state index contributed by atoms with van der Waals surface area (Å²) in [5.41, 5.74) is 2.59. The molecule has 1 aliphatic heterocycles. The Labute approximate surface area is 97.3 Å². The number of benzene rings is 1. The molecule has 0 aliphatic carbocycles. The summed E-state index contributed by atoms with van der Waals surface area (Å²) in [6.07, 6.45) is 6.74. The van der Waals surface area contributed by atoms with E-state index in [2.05, 4.69) is 35.0 Å². The topological polar surface area (TPSA) is 15.0 Å². The van der Waals surface area contributed by atoms with E-state index < -0.39 is 0 Å². The molecule has 84 valence electrons. The van der Waals surface area contributed by atoms with Crippen LogP contribution in [0.25, 0.3) is 0 Å². The lowest BCUT2D eigenvalue weighted by molar-refractivity contribution is -0.515. The van der Waals surface area contributed by atoms with Crippen molar-refractivity contribution in [2.75, 3.05) is 18.4 Å². The van der Waals surface area contributed by atoms with Gasteiger partial charge < -0.3 is 5.32 Å². The summed E-state index contributed by atoms with van der Waals surface area (Å²) in [6, 6.07) is 10.2. The van der Waals surface area contributed by atoms with E-state index in [1.807, 2.05) is 24.4 Å². The Hall–Kier alpha value is -1.57. The van der Waals surface area contributed by atoms with Crippen molar-refractivity contribution >= 4 is 11.4 Å². The van der Waals surface area contributed by atoms with Crippen LogP contribution in [0.15, 0.2) is 42.6 Å². The van der Waals surface area contributed by atoms with Crippen molar-refractivity contribution in [3.63, 3.8) is 0 Å². The van der Waals surface area contributed by atoms with Crippen molar-refractivity contribution in [1.82, 2.24) is 0 Å². The van der Waals surface area contributed by atoms with Gasteiger partial charge in [0.15, 0.2) is 5.71 Å². The Kier molecular flexibility index (Phi) is 3.76. The van der Waals surface area contributed by atoms with Crippen LogP contribution >= 0.6 is 0 Å². The monoisotopic (exact) mass is 215 g/mol. The summed E-state index contributed by atoms with van der Waals surface area (Å²) in [4.78, 5) is 0. The molecular weight excluding hydrogens is 196 g/mol. The summed E-state index contributed by atoms with van der Waals surface area (Å²) in [5, 5.41) is 3.29. The van der Waals surface area contributed by atoms with E-state index in [1.54, 1.807) is 0 Å². The lowest BCUT2D eigenvalue weighted by Gasteiger charge is -1.98. The van der Waals surface area contributed by atoms with Gasteiger partial charge in [-0.15, -0.1) is 0 Å². The van der Waals surface area contributed by atoms with Crippen molar-refractivity contribution in [1.29, 1.82) is 0 Å². The maximum atomic E-state index is 3.29. The van der Waals surface area contributed by atoms with Gasteiger partial charge in [0.25, 0.3) is 0 Å². The third-order valence-electron chi connectivity index (χ3n) is 2.95. The van der Waals surface area contributed by atoms with Gasteiger partial charge in [0, 0.05) is 30.8 Å². The van der Waals surface area contributed by atoms with Crippen molar-refractivity contribution < 1.29 is 4.58 Å². The highest BCUT2D eigenvalue weighted by Crippen LogP contribution is 2.07. The number of para-hydroxylation sites is 1. The first-order valence-corrected chi connectivity index (χ1v) is 5.99. The molecule has 2 nitrogen and oxygen atoms in total. The smallest absolute Gasteiger partial charge is 0.177 e. The van der Waals surface area contributed by atoms with Crippen molar-refractivity contribution in [2.24, 2.45) is 0 Å². The number of rotatable bonds is 4. The Morgan fingerprint density at radius 1 is 1.31 bits per heavy atom. The predicted molar refractivity (Wildman–Crippen MR) is 69.1 cm³/mol. The third-order valence-corrected chi connectivity index (χ3v) is 2.95. The molecule has 2 heteroatoms. The van der Waals surface area contributed by atoms with Gasteiger partial charge in [-0.25, -0.2) is 4.58 Å². The van der Waals surface area contributed by atoms with Crippen LogP contribution in [0.5, 0.6) is 0 Å². The average molecular weight is 215 g/mol. The van der Waals surface area contributed by atoms with Gasteiger partial charge in [-0.2, -0.15) is 0 Å². The van der Waals surface area contributed by atoms with Gasteiger partial charge in [0.05, 0.1) is 0 Å². The Morgan fingerprint density at radius 3 is 2.88 bits per heavy atom. The molecule has 0 bridgehead atoms. The zero-order valence-corrected chi connectivity index (χ0v) is 9.82. The summed E-state index contributed by atoms with van der Waals surface area (Å²) in [6.45, 7) is 4.54. The molecule has 1 aromatic rings. The molecule has 0 spiro atoms. The highest BCUT2D eigenvalue weighted by Gasteiger charge is 2.17. The molecule has 1 N–H and O–H groups in total. The molecule has 16 heavy (non-hydrogen) atoms. The summed E-state index contributed by atoms with van der Waals surface area (Å²) < 4.78 is 2.43. The van der Waals surface area contributed by atoms with Gasteiger partial charge in [-0.1, -0.05) is 18.2 Å². The van der Waals surface area contributed by atoms with Crippen molar-refractivity contribution in [3.05, 3.63) is 42.6 Å². The van der Waals surface area contributed by atoms with E-state index >= 15 is 0 Å². The third kappa shape index (κ3) is 2.72. The van der Waals surface area contributed by atoms with E-state index in [9.17, 15) is 0 Å². The normalized spacial score (nSPS) is 16.1. The second-order valence-electron chi connectivity index (χ2n) is 4.02. The summed E-state index contributed by atoms with van der Waals surface area (Å²) in [5.74, 6) is 0. The number of anilines is 1. The fourth-order valence-electron chi connectivity index (χ4n) is 2.07. The fraction of sp³-hybridized carbons (Fsp3) is 0.357. The minimum atomic E-state index is 1.12. The van der Waals surface area contributed by atoms with Gasteiger partial charge >= 0.3 is 0 Å². The second kappa shape index (κ2) is 5.50. The van der Waals surface area contributed by atoms with Crippen molar-refractivity contribution in [3.8, 4) is 0 Å². The minimum absolute atomic E-state index is 1.12. The molecule has 2 rings (SSSR count). The Balaban J connectivity index is 1.95. The van der Waals surface area contributed by atoms with Crippen LogP contribution < -0.4 is 5.32 Å². The number of hydrogen-bond donors (Lipinski definition) is 1. The van der Waals surface area contributed by atoms with E-state index in [1.165, 1.54) is 25.1 Å². The highest BCUT2D eigenvalue weighted by molar-refractivity contribution is 5.91. The predicted octanol–water partition coefficient (Wildman–Crippen LogP) is 2.88. The van der Waals surface area contributed by atoms with Crippen LogP contribution in [-0.2, 0) is 0 Å². The van der Waals surface area contributed by atoms with Crippen LogP contribution in [0.2, 0.25) is 0 Å². The largest absolute Gasteiger partial charge is 0.361 e. The number of nitrogens with one attached hydrogen (secondary N) is 1. The van der Waals surface area contributed by atoms with E-state index in [-0.39, 0.29) is 0 Å². The highest BCUT2D eigenvalue weighted by atomic mass is 15.0. The van der Waals surface area contributed by atoms with Crippen LogP contribution in [0.4, 0.5) is 5.69 Å². The molecule has 1 heterocycles. The first-order chi connectivity index (χ1) is 7.90. The number of nitrogens with zero attached hydrogens (tertiary/aromatic N) is 1. The Morgan fingerprint density at radius 2 is 2.12 bits per heavy atom. The Bertz CT molecular complexity index is 390. The molecule has 0 saturated carbocycles. The van der Waals surface area contributed by atoms with Gasteiger partial charge in [-0.05, 0) is 19.1 Å². The molecule has 1 aliphatic rings. The molecule has 0 amide bonds. The molecule has 1 aromatic carbocycles. The summed E-state index contributed by atoms with van der Waals surface area (Å²) in [7, 11) is 0. The minimum Gasteiger partial charge on any atom is -0.361 e. The van der Waals surface area contributed by atoms with Crippen LogP contribution in [0, 0.1) is 0 Å². The zero-order valence-electron chi connectivity index (χ0n) is 9.82. The molecule has 0 atom stereocenters. The number of allylic oxidation sites excluding steroid dienone is 1. The lowest BCUT2D eigenvalue weighted by atomic mass is 10.2. The molecule has 0 fully saturated rings. The van der Waals surface area contributed by atoms with E-state index in [0.717, 1.165) is 12.2 Å². The second-order valence-corrected chi connectivity index (χ2v) is 4.02. The fourth-order valence-corrected chi connectivity index (χ4v) is 2.07. The molecular formula is C14H19N2+. The van der Waals surface area contributed by atoms with Crippen LogP contribution in [0.1, 0.15) is 19.8 Å².